The van der Waals surface area contributed by atoms with Crippen molar-refractivity contribution in [1.82, 2.24) is 10.2 Å². The largest absolute Gasteiger partial charge is 0.496 e. The number of carbonyl (C=O) groups is 1. The van der Waals surface area contributed by atoms with Gasteiger partial charge in [-0.05, 0) is 20.2 Å². The first kappa shape index (κ1) is 14.5. The molecule has 0 aromatic heterocycles. The second kappa shape index (κ2) is 6.98. The lowest BCUT2D eigenvalue weighted by Crippen LogP contribution is -2.43. The van der Waals surface area contributed by atoms with Crippen LogP contribution in [-0.4, -0.2) is 49.8 Å². The molecule has 5 nitrogen and oxygen atoms in total. The van der Waals surface area contributed by atoms with Crippen LogP contribution in [0.5, 0.6) is 5.75 Å². The molecular weight excluding hydrogens is 232 g/mol. The van der Waals surface area contributed by atoms with E-state index in [1.165, 1.54) is 0 Å². The van der Waals surface area contributed by atoms with Gasteiger partial charge < -0.3 is 15.2 Å². The van der Waals surface area contributed by atoms with Crippen molar-refractivity contribution in [3.05, 3.63) is 29.8 Å². The fourth-order valence-corrected chi connectivity index (χ4v) is 1.79. The Morgan fingerprint density at radius 2 is 2.17 bits per heavy atom. The minimum Gasteiger partial charge on any atom is -0.496 e. The number of methoxy groups -OCH3 is 1. The van der Waals surface area contributed by atoms with Crippen LogP contribution in [-0.2, 0) is 11.3 Å². The average molecular weight is 252 g/mol. The number of likely N-dealkylation sites (N-methyl/N-ethyl adjacent to an activating group) is 2. The number of nitrogens with one attached hydrogen (secondary N) is 1. The van der Waals surface area contributed by atoms with E-state index in [9.17, 15) is 4.79 Å². The van der Waals surface area contributed by atoms with E-state index in [1.807, 2.05) is 36.2 Å². The first-order valence-electron chi connectivity index (χ1n) is 5.79. The first-order chi connectivity index (χ1) is 8.58. The molecule has 0 radical (unpaired) electrons. The smallest absolute Gasteiger partial charge is 0.322 e. The third kappa shape index (κ3) is 4.01. The van der Waals surface area contributed by atoms with Crippen LogP contribution in [0.2, 0.25) is 0 Å². The zero-order valence-corrected chi connectivity index (χ0v) is 11.0. The Kier molecular flexibility index (Phi) is 5.61. The molecule has 0 aliphatic heterocycles. The van der Waals surface area contributed by atoms with E-state index < -0.39 is 12.0 Å². The monoisotopic (exact) mass is 252 g/mol. The number of ether oxygens (including phenoxy) is 1. The molecule has 100 valence electrons. The summed E-state index contributed by atoms with van der Waals surface area (Å²) < 4.78 is 5.27. The van der Waals surface area contributed by atoms with Crippen molar-refractivity contribution in [2.75, 3.05) is 27.7 Å². The van der Waals surface area contributed by atoms with Gasteiger partial charge in [-0.2, -0.15) is 0 Å². The van der Waals surface area contributed by atoms with Crippen LogP contribution in [0.15, 0.2) is 24.3 Å². The highest BCUT2D eigenvalue weighted by Gasteiger charge is 2.17. The van der Waals surface area contributed by atoms with E-state index >= 15 is 0 Å². The molecule has 1 rings (SSSR count). The van der Waals surface area contributed by atoms with Gasteiger partial charge in [0.25, 0.3) is 0 Å². The lowest BCUT2D eigenvalue weighted by molar-refractivity contribution is -0.139. The van der Waals surface area contributed by atoms with Gasteiger partial charge in [-0.15, -0.1) is 0 Å². The number of para-hydroxylation sites is 1. The van der Waals surface area contributed by atoms with Crippen LogP contribution in [0, 0.1) is 0 Å². The van der Waals surface area contributed by atoms with E-state index in [2.05, 4.69) is 5.32 Å². The van der Waals surface area contributed by atoms with Gasteiger partial charge >= 0.3 is 5.97 Å². The van der Waals surface area contributed by atoms with Crippen LogP contribution in [0.4, 0.5) is 0 Å². The number of aliphatic carboxylic acids is 1. The Morgan fingerprint density at radius 3 is 2.72 bits per heavy atom. The van der Waals surface area contributed by atoms with Crippen molar-refractivity contribution >= 4 is 5.97 Å². The van der Waals surface area contributed by atoms with Gasteiger partial charge in [-0.25, -0.2) is 0 Å². The molecule has 0 saturated carbocycles. The lowest BCUT2D eigenvalue weighted by atomic mass is 10.2. The Bertz CT molecular complexity index is 396. The molecule has 0 aliphatic carbocycles. The van der Waals surface area contributed by atoms with Gasteiger partial charge in [0.15, 0.2) is 0 Å². The lowest BCUT2D eigenvalue weighted by Gasteiger charge is -2.21. The third-order valence-corrected chi connectivity index (χ3v) is 2.77. The van der Waals surface area contributed by atoms with E-state index in [0.29, 0.717) is 13.1 Å². The molecule has 1 atom stereocenters. The second-order valence-electron chi connectivity index (χ2n) is 4.19. The van der Waals surface area contributed by atoms with Crippen molar-refractivity contribution in [2.24, 2.45) is 0 Å². The second-order valence-corrected chi connectivity index (χ2v) is 4.19. The molecule has 0 bridgehead atoms. The fraction of sp³-hybridized carbons (Fsp3) is 0.462. The normalized spacial score (nSPS) is 12.4. The third-order valence-electron chi connectivity index (χ3n) is 2.77. The van der Waals surface area contributed by atoms with Crippen molar-refractivity contribution in [3.63, 3.8) is 0 Å². The van der Waals surface area contributed by atoms with Crippen LogP contribution >= 0.6 is 0 Å². The number of carboxylic acids is 1. The maximum Gasteiger partial charge on any atom is 0.322 e. The maximum atomic E-state index is 10.9. The first-order valence-corrected chi connectivity index (χ1v) is 5.79. The predicted molar refractivity (Wildman–Crippen MR) is 69.8 cm³/mol. The summed E-state index contributed by atoms with van der Waals surface area (Å²) in [7, 11) is 5.17. The number of benzene rings is 1. The van der Waals surface area contributed by atoms with Crippen LogP contribution < -0.4 is 10.1 Å². The standard InChI is InChI=1S/C13H20N2O3/c1-14-11(13(16)17)9-15(2)8-10-6-4-5-7-12(10)18-3/h4-7,11,14H,8-9H2,1-3H3,(H,16,17). The fourth-order valence-electron chi connectivity index (χ4n) is 1.79. The minimum absolute atomic E-state index is 0.434. The molecule has 1 unspecified atom stereocenters. The Balaban J connectivity index is 2.63. The average Bonchev–Trinajstić information content (AvgIpc) is 2.36. The van der Waals surface area contributed by atoms with E-state index in [0.717, 1.165) is 11.3 Å². The van der Waals surface area contributed by atoms with Gasteiger partial charge in [0.1, 0.15) is 11.8 Å². The summed E-state index contributed by atoms with van der Waals surface area (Å²) in [5, 5.41) is 11.7. The van der Waals surface area contributed by atoms with E-state index in [1.54, 1.807) is 14.2 Å². The van der Waals surface area contributed by atoms with Crippen LogP contribution in [0.25, 0.3) is 0 Å². The Morgan fingerprint density at radius 1 is 1.50 bits per heavy atom. The predicted octanol–water partition coefficient (Wildman–Crippen LogP) is 0.800. The summed E-state index contributed by atoms with van der Waals surface area (Å²) >= 11 is 0. The summed E-state index contributed by atoms with van der Waals surface area (Å²) in [4.78, 5) is 12.9. The summed E-state index contributed by atoms with van der Waals surface area (Å²) in [6, 6.07) is 7.17. The molecule has 0 spiro atoms. The van der Waals surface area contributed by atoms with E-state index in [4.69, 9.17) is 9.84 Å². The Labute approximate surface area is 107 Å². The van der Waals surface area contributed by atoms with E-state index in [-0.39, 0.29) is 0 Å². The van der Waals surface area contributed by atoms with Gasteiger partial charge in [0.2, 0.25) is 0 Å². The molecule has 0 amide bonds. The van der Waals surface area contributed by atoms with Gasteiger partial charge in [0, 0.05) is 18.7 Å². The Hall–Kier alpha value is -1.59. The van der Waals surface area contributed by atoms with Crippen molar-refractivity contribution in [2.45, 2.75) is 12.6 Å². The molecule has 0 fully saturated rings. The maximum absolute atomic E-state index is 10.9. The van der Waals surface area contributed by atoms with Crippen molar-refractivity contribution < 1.29 is 14.6 Å². The molecule has 18 heavy (non-hydrogen) atoms. The SMILES string of the molecule is CNC(CN(C)Cc1ccccc1OC)C(=O)O. The summed E-state index contributed by atoms with van der Waals surface area (Å²) in [6.07, 6.45) is 0. The molecule has 5 heteroatoms. The topological polar surface area (TPSA) is 61.8 Å². The number of hydrogen-bond acceptors (Lipinski definition) is 4. The molecule has 2 N–H and O–H groups in total. The summed E-state index contributed by atoms with van der Waals surface area (Å²) in [5.74, 6) is -0.0231. The van der Waals surface area contributed by atoms with Gasteiger partial charge in [-0.1, -0.05) is 18.2 Å². The molecule has 0 heterocycles. The number of rotatable bonds is 7. The molecule has 1 aromatic rings. The number of nitrogens with zero attached hydrogens (tertiary/aromatic N) is 1. The van der Waals surface area contributed by atoms with Gasteiger partial charge in [-0.3, -0.25) is 9.69 Å². The van der Waals surface area contributed by atoms with Crippen molar-refractivity contribution in [3.8, 4) is 5.75 Å². The zero-order valence-electron chi connectivity index (χ0n) is 11.0. The number of hydrogen-bond donors (Lipinski definition) is 2. The summed E-state index contributed by atoms with van der Waals surface area (Å²) in [6.45, 7) is 1.08. The quantitative estimate of drug-likeness (QED) is 0.751. The van der Waals surface area contributed by atoms with Gasteiger partial charge in [0.05, 0.1) is 7.11 Å². The zero-order chi connectivity index (χ0) is 13.5. The molecule has 1 aromatic carbocycles. The highest BCUT2D eigenvalue weighted by Crippen LogP contribution is 2.18. The molecule has 0 aliphatic rings. The highest BCUT2D eigenvalue weighted by molar-refractivity contribution is 5.73. The minimum atomic E-state index is -0.843. The van der Waals surface area contributed by atoms with Crippen molar-refractivity contribution in [1.29, 1.82) is 0 Å². The highest BCUT2D eigenvalue weighted by atomic mass is 16.5. The van der Waals surface area contributed by atoms with Crippen LogP contribution in [0.1, 0.15) is 5.56 Å². The molecule has 0 saturated heterocycles. The molecular formula is C13H20N2O3. The number of carboxylic acid groups (broad SMARTS) is 1. The summed E-state index contributed by atoms with van der Waals surface area (Å²) in [5.41, 5.74) is 1.04. The van der Waals surface area contributed by atoms with Crippen LogP contribution in [0.3, 0.4) is 0 Å².